The molecule has 0 aliphatic carbocycles. The lowest BCUT2D eigenvalue weighted by Gasteiger charge is -2.42. The average molecular weight is 456 g/mol. The van der Waals surface area contributed by atoms with Gasteiger partial charge in [-0.25, -0.2) is 9.78 Å². The van der Waals surface area contributed by atoms with Gasteiger partial charge in [-0.3, -0.25) is 0 Å². The average Bonchev–Trinajstić information content (AvgIpc) is 2.83. The summed E-state index contributed by atoms with van der Waals surface area (Å²) in [7, 11) is 1.73. The molecule has 1 heterocycles. The summed E-state index contributed by atoms with van der Waals surface area (Å²) in [6.07, 6.45) is -0.792. The molecule has 5 nitrogen and oxygen atoms in total. The van der Waals surface area contributed by atoms with Crippen LogP contribution in [0.1, 0.15) is 27.7 Å². The Labute approximate surface area is 198 Å². The van der Waals surface area contributed by atoms with E-state index in [1.54, 1.807) is 7.11 Å². The van der Waals surface area contributed by atoms with Crippen LogP contribution in [-0.2, 0) is 14.5 Å². The second kappa shape index (κ2) is 7.70. The van der Waals surface area contributed by atoms with Gasteiger partial charge in [0, 0.05) is 27.8 Å². The molecular formula is C29H29NO4. The van der Waals surface area contributed by atoms with E-state index in [-0.39, 0.29) is 12.1 Å². The van der Waals surface area contributed by atoms with Crippen molar-refractivity contribution in [1.82, 2.24) is 0 Å². The molecule has 5 aromatic rings. The van der Waals surface area contributed by atoms with E-state index >= 15 is 0 Å². The summed E-state index contributed by atoms with van der Waals surface area (Å²) in [6, 6.07) is 21.5. The highest BCUT2D eigenvalue weighted by atomic mass is 17.2. The third-order valence-corrected chi connectivity index (χ3v) is 6.93. The lowest BCUT2D eigenvalue weighted by atomic mass is 9.89. The van der Waals surface area contributed by atoms with E-state index in [0.717, 1.165) is 22.2 Å². The molecule has 2 unspecified atom stereocenters. The van der Waals surface area contributed by atoms with Gasteiger partial charge in [0.15, 0.2) is 12.5 Å². The van der Waals surface area contributed by atoms with Gasteiger partial charge < -0.3 is 14.8 Å². The number of ether oxygens (including phenoxy) is 2. The van der Waals surface area contributed by atoms with E-state index in [0.29, 0.717) is 0 Å². The van der Waals surface area contributed by atoms with Crippen molar-refractivity contribution in [1.29, 1.82) is 0 Å². The summed E-state index contributed by atoms with van der Waals surface area (Å²) < 4.78 is 11.9. The normalized spacial score (nSPS) is 20.6. The number of fused-ring (bicyclic) bond motifs is 2. The van der Waals surface area contributed by atoms with Gasteiger partial charge in [-0.05, 0) is 52.9 Å². The van der Waals surface area contributed by atoms with Gasteiger partial charge in [0.2, 0.25) is 0 Å². The van der Waals surface area contributed by atoms with Crippen LogP contribution in [0, 0.1) is 5.92 Å². The molecule has 1 saturated heterocycles. The molecule has 0 amide bonds. The molecular weight excluding hydrogens is 426 g/mol. The zero-order chi connectivity index (χ0) is 23.6. The number of hydrogen-bond acceptors (Lipinski definition) is 5. The van der Waals surface area contributed by atoms with Crippen molar-refractivity contribution >= 4 is 48.8 Å². The van der Waals surface area contributed by atoms with Crippen LogP contribution in [0.25, 0.3) is 43.1 Å². The Kier molecular flexibility index (Phi) is 4.85. The maximum Gasteiger partial charge on any atom is 0.196 e. The van der Waals surface area contributed by atoms with Crippen molar-refractivity contribution in [2.45, 2.75) is 45.8 Å². The summed E-state index contributed by atoms with van der Waals surface area (Å²) in [5, 5.41) is 13.3. The number of hydrogen-bond donors (Lipinski definition) is 1. The minimum Gasteiger partial charge on any atom is -0.496 e. The Morgan fingerprint density at radius 2 is 1.38 bits per heavy atom. The third kappa shape index (κ3) is 3.12. The largest absolute Gasteiger partial charge is 0.496 e. The van der Waals surface area contributed by atoms with Crippen LogP contribution in [0.15, 0.2) is 60.7 Å². The van der Waals surface area contributed by atoms with E-state index < -0.39 is 11.9 Å². The first-order chi connectivity index (χ1) is 16.4. The van der Waals surface area contributed by atoms with Crippen molar-refractivity contribution in [3.63, 3.8) is 0 Å². The summed E-state index contributed by atoms with van der Waals surface area (Å²) in [6.45, 7) is 8.05. The van der Waals surface area contributed by atoms with E-state index in [1.165, 1.54) is 32.3 Å². The fourth-order valence-electron chi connectivity index (χ4n) is 5.14. The number of anilines is 1. The molecule has 1 aliphatic heterocycles. The van der Waals surface area contributed by atoms with Crippen molar-refractivity contribution in [3.8, 4) is 5.75 Å². The summed E-state index contributed by atoms with van der Waals surface area (Å²) in [4.78, 5) is 11.2. The summed E-state index contributed by atoms with van der Waals surface area (Å²) in [5.41, 5.74) is 0.357. The molecule has 1 aliphatic rings. The second-order valence-electron chi connectivity index (χ2n) is 9.99. The molecule has 6 rings (SSSR count). The van der Waals surface area contributed by atoms with Crippen LogP contribution < -0.4 is 10.1 Å². The van der Waals surface area contributed by atoms with Crippen molar-refractivity contribution in [2.24, 2.45) is 5.92 Å². The van der Waals surface area contributed by atoms with Crippen LogP contribution >= 0.6 is 0 Å². The molecule has 5 aromatic carbocycles. The Balaban J connectivity index is 1.57. The molecule has 1 fully saturated rings. The smallest absolute Gasteiger partial charge is 0.196 e. The monoisotopic (exact) mass is 455 g/mol. The molecule has 0 spiro atoms. The van der Waals surface area contributed by atoms with E-state index in [1.807, 2.05) is 13.8 Å². The maximum atomic E-state index is 6.27. The molecule has 5 heteroatoms. The molecule has 2 atom stereocenters. The quantitative estimate of drug-likeness (QED) is 0.176. The van der Waals surface area contributed by atoms with Gasteiger partial charge >= 0.3 is 0 Å². The first-order valence-corrected chi connectivity index (χ1v) is 11.8. The van der Waals surface area contributed by atoms with Crippen LogP contribution in [0.4, 0.5) is 5.69 Å². The van der Waals surface area contributed by atoms with Crippen molar-refractivity contribution in [2.75, 3.05) is 12.4 Å². The predicted molar refractivity (Wildman–Crippen MR) is 138 cm³/mol. The molecule has 34 heavy (non-hydrogen) atoms. The Bertz CT molecular complexity index is 1500. The highest BCUT2D eigenvalue weighted by Gasteiger charge is 2.41. The van der Waals surface area contributed by atoms with E-state index in [2.05, 4.69) is 79.8 Å². The first-order valence-electron chi connectivity index (χ1n) is 11.8. The van der Waals surface area contributed by atoms with Gasteiger partial charge in [0.05, 0.1) is 7.11 Å². The van der Waals surface area contributed by atoms with Gasteiger partial charge in [-0.1, -0.05) is 62.4 Å². The van der Waals surface area contributed by atoms with Crippen molar-refractivity contribution in [3.05, 3.63) is 60.7 Å². The standard InChI is InChI=1S/C29H29NO4/c1-16(2)27-32-28(29(3,4)34-33-27)30-23-14-12-19-18-9-7-11-22-24(31-5)15-13-20(26(18)22)17-8-6-10-21(23)25(17)19/h6-16,27-28,30H,1-5H3. The minimum atomic E-state index is -0.653. The van der Waals surface area contributed by atoms with Gasteiger partial charge in [-0.15, -0.1) is 0 Å². The van der Waals surface area contributed by atoms with Gasteiger partial charge in [0.1, 0.15) is 11.4 Å². The summed E-state index contributed by atoms with van der Waals surface area (Å²) >= 11 is 0. The van der Waals surface area contributed by atoms with Crippen LogP contribution in [0.5, 0.6) is 5.75 Å². The Hall–Kier alpha value is -3.12. The number of nitrogens with one attached hydrogen (secondary N) is 1. The highest BCUT2D eigenvalue weighted by Crippen LogP contribution is 2.44. The van der Waals surface area contributed by atoms with Crippen LogP contribution in [0.3, 0.4) is 0 Å². The number of rotatable bonds is 4. The topological polar surface area (TPSA) is 49.0 Å². The molecule has 1 N–H and O–H groups in total. The fourth-order valence-corrected chi connectivity index (χ4v) is 5.14. The Morgan fingerprint density at radius 3 is 2.06 bits per heavy atom. The molecule has 0 aromatic heterocycles. The SMILES string of the molecule is COc1ccc2c3cccc4c(NC5OC(C(C)C)OOC5(C)C)ccc(c5cccc1c52)c43. The highest BCUT2D eigenvalue weighted by molar-refractivity contribution is 6.34. The van der Waals surface area contributed by atoms with Gasteiger partial charge in [0.25, 0.3) is 0 Å². The van der Waals surface area contributed by atoms with E-state index in [4.69, 9.17) is 19.2 Å². The molecule has 0 radical (unpaired) electrons. The van der Waals surface area contributed by atoms with Gasteiger partial charge in [-0.2, -0.15) is 0 Å². The molecule has 0 bridgehead atoms. The minimum absolute atomic E-state index is 0.172. The summed E-state index contributed by atoms with van der Waals surface area (Å²) in [5.74, 6) is 1.07. The van der Waals surface area contributed by atoms with Crippen LogP contribution in [0.2, 0.25) is 0 Å². The first kappa shape index (κ1) is 21.4. The molecule has 174 valence electrons. The maximum absolute atomic E-state index is 6.27. The lowest BCUT2D eigenvalue weighted by Crippen LogP contribution is -2.54. The Morgan fingerprint density at radius 1 is 0.794 bits per heavy atom. The second-order valence-corrected chi connectivity index (χ2v) is 9.99. The lowest BCUT2D eigenvalue weighted by molar-refractivity contribution is -0.485. The predicted octanol–water partition coefficient (Wildman–Crippen LogP) is 7.22. The number of benzene rings is 5. The number of methoxy groups -OCH3 is 1. The van der Waals surface area contributed by atoms with Crippen molar-refractivity contribution < 1.29 is 19.2 Å². The van der Waals surface area contributed by atoms with E-state index in [9.17, 15) is 0 Å². The zero-order valence-electron chi connectivity index (χ0n) is 20.1. The third-order valence-electron chi connectivity index (χ3n) is 6.93. The van der Waals surface area contributed by atoms with Crippen LogP contribution in [-0.4, -0.2) is 25.2 Å². The fraction of sp³-hybridized carbons (Fsp3) is 0.310. The zero-order valence-corrected chi connectivity index (χ0v) is 20.1. The molecule has 0 saturated carbocycles.